The minimum atomic E-state index is -1.44. The van der Waals surface area contributed by atoms with Crippen molar-refractivity contribution in [2.75, 3.05) is 7.11 Å². The van der Waals surface area contributed by atoms with Gasteiger partial charge in [-0.1, -0.05) is 22.0 Å². The van der Waals surface area contributed by atoms with Crippen LogP contribution in [0.4, 0.5) is 8.78 Å². The first-order valence-corrected chi connectivity index (χ1v) is 6.71. The number of hydrogen-bond donors (Lipinski definition) is 1. The van der Waals surface area contributed by atoms with E-state index in [4.69, 9.17) is 4.74 Å². The van der Waals surface area contributed by atoms with Crippen LogP contribution in [-0.2, 0) is 0 Å². The van der Waals surface area contributed by atoms with Crippen molar-refractivity contribution in [1.29, 1.82) is 0 Å². The molecular formula is C15H13BrF2O2. The Balaban J connectivity index is 2.60. The van der Waals surface area contributed by atoms with Crippen molar-refractivity contribution in [3.05, 3.63) is 63.1 Å². The molecule has 0 amide bonds. The Kier molecular flexibility index (Phi) is 4.40. The highest BCUT2D eigenvalue weighted by Crippen LogP contribution is 2.35. The molecule has 0 radical (unpaired) electrons. The molecule has 0 heterocycles. The first-order chi connectivity index (χ1) is 9.45. The SMILES string of the molecule is COc1ccc(Br)cc1C(O)c1c(F)ccc(C)c1F. The number of ether oxygens (including phenoxy) is 1. The molecule has 0 saturated carbocycles. The summed E-state index contributed by atoms with van der Waals surface area (Å²) in [5.41, 5.74) is 0.195. The fourth-order valence-corrected chi connectivity index (χ4v) is 2.38. The molecule has 2 rings (SSSR count). The van der Waals surface area contributed by atoms with Crippen LogP contribution in [0.3, 0.4) is 0 Å². The average Bonchev–Trinajstić information content (AvgIpc) is 2.43. The van der Waals surface area contributed by atoms with Crippen molar-refractivity contribution in [2.45, 2.75) is 13.0 Å². The maximum Gasteiger partial charge on any atom is 0.135 e. The van der Waals surface area contributed by atoms with Crippen LogP contribution < -0.4 is 4.74 Å². The Morgan fingerprint density at radius 3 is 2.55 bits per heavy atom. The highest BCUT2D eigenvalue weighted by Gasteiger charge is 2.24. The third-order valence-electron chi connectivity index (χ3n) is 3.08. The molecule has 0 saturated heterocycles. The Labute approximate surface area is 124 Å². The second-order valence-corrected chi connectivity index (χ2v) is 5.30. The quantitative estimate of drug-likeness (QED) is 0.908. The van der Waals surface area contributed by atoms with E-state index >= 15 is 0 Å². The minimum Gasteiger partial charge on any atom is -0.496 e. The Bertz CT molecular complexity index is 644. The van der Waals surface area contributed by atoms with E-state index in [2.05, 4.69) is 15.9 Å². The summed E-state index contributed by atoms with van der Waals surface area (Å²) >= 11 is 3.26. The van der Waals surface area contributed by atoms with E-state index in [1.807, 2.05) is 0 Å². The molecule has 1 N–H and O–H groups in total. The maximum absolute atomic E-state index is 14.1. The van der Waals surface area contributed by atoms with Gasteiger partial charge in [0.2, 0.25) is 0 Å². The molecule has 0 aliphatic heterocycles. The van der Waals surface area contributed by atoms with Crippen LogP contribution in [0.25, 0.3) is 0 Å². The summed E-state index contributed by atoms with van der Waals surface area (Å²) in [4.78, 5) is 0. The van der Waals surface area contributed by atoms with Crippen molar-refractivity contribution in [3.8, 4) is 5.75 Å². The topological polar surface area (TPSA) is 29.5 Å². The van der Waals surface area contributed by atoms with Gasteiger partial charge in [-0.25, -0.2) is 8.78 Å². The van der Waals surface area contributed by atoms with E-state index in [-0.39, 0.29) is 11.1 Å². The van der Waals surface area contributed by atoms with Gasteiger partial charge in [0.15, 0.2) is 0 Å². The molecule has 0 fully saturated rings. The van der Waals surface area contributed by atoms with Crippen molar-refractivity contribution < 1.29 is 18.6 Å². The number of aryl methyl sites for hydroxylation is 1. The lowest BCUT2D eigenvalue weighted by Crippen LogP contribution is -2.08. The van der Waals surface area contributed by atoms with E-state index in [1.165, 1.54) is 20.1 Å². The van der Waals surface area contributed by atoms with Gasteiger partial charge >= 0.3 is 0 Å². The van der Waals surface area contributed by atoms with Crippen LogP contribution in [0, 0.1) is 18.6 Å². The maximum atomic E-state index is 14.1. The lowest BCUT2D eigenvalue weighted by molar-refractivity contribution is 0.203. The molecule has 5 heteroatoms. The number of hydrogen-bond acceptors (Lipinski definition) is 2. The highest BCUT2D eigenvalue weighted by molar-refractivity contribution is 9.10. The van der Waals surface area contributed by atoms with E-state index in [1.54, 1.807) is 18.2 Å². The van der Waals surface area contributed by atoms with Crippen molar-refractivity contribution in [3.63, 3.8) is 0 Å². The zero-order chi connectivity index (χ0) is 14.9. The fourth-order valence-electron chi connectivity index (χ4n) is 2.00. The van der Waals surface area contributed by atoms with Gasteiger partial charge < -0.3 is 9.84 Å². The summed E-state index contributed by atoms with van der Waals surface area (Å²) in [6.45, 7) is 1.52. The molecule has 2 nitrogen and oxygen atoms in total. The number of aliphatic hydroxyl groups is 1. The second kappa shape index (κ2) is 5.89. The molecule has 0 aromatic heterocycles. The molecule has 20 heavy (non-hydrogen) atoms. The van der Waals surface area contributed by atoms with Crippen LogP contribution in [0.15, 0.2) is 34.8 Å². The third kappa shape index (κ3) is 2.69. The molecule has 2 aromatic rings. The van der Waals surface area contributed by atoms with Crippen molar-refractivity contribution >= 4 is 15.9 Å². The molecule has 0 spiro atoms. The lowest BCUT2D eigenvalue weighted by atomic mass is 9.98. The number of rotatable bonds is 3. The zero-order valence-corrected chi connectivity index (χ0v) is 12.5. The summed E-state index contributed by atoms with van der Waals surface area (Å²) in [5, 5.41) is 10.3. The molecule has 0 bridgehead atoms. The van der Waals surface area contributed by atoms with Gasteiger partial charge in [0, 0.05) is 10.0 Å². The average molecular weight is 343 g/mol. The number of benzene rings is 2. The van der Waals surface area contributed by atoms with Gasteiger partial charge in [-0.05, 0) is 36.8 Å². The van der Waals surface area contributed by atoms with Gasteiger partial charge in [0.05, 0.1) is 12.7 Å². The van der Waals surface area contributed by atoms with E-state index in [0.29, 0.717) is 15.8 Å². The van der Waals surface area contributed by atoms with Gasteiger partial charge in [-0.15, -0.1) is 0 Å². The Morgan fingerprint density at radius 1 is 1.20 bits per heavy atom. The monoisotopic (exact) mass is 342 g/mol. The van der Waals surface area contributed by atoms with Gasteiger partial charge in [0.1, 0.15) is 23.5 Å². The van der Waals surface area contributed by atoms with Gasteiger partial charge in [-0.3, -0.25) is 0 Å². The molecular weight excluding hydrogens is 330 g/mol. The number of halogens is 3. The predicted octanol–water partition coefficient (Wildman–Crippen LogP) is 4.13. The van der Waals surface area contributed by atoms with Crippen LogP contribution in [0.2, 0.25) is 0 Å². The van der Waals surface area contributed by atoms with Gasteiger partial charge in [0.25, 0.3) is 0 Å². The first kappa shape index (κ1) is 14.9. The highest BCUT2D eigenvalue weighted by atomic mass is 79.9. The summed E-state index contributed by atoms with van der Waals surface area (Å²) in [5.74, 6) is -1.18. The lowest BCUT2D eigenvalue weighted by Gasteiger charge is -2.17. The fraction of sp³-hybridized carbons (Fsp3) is 0.200. The van der Waals surface area contributed by atoms with Crippen LogP contribution >= 0.6 is 15.9 Å². The molecule has 2 aromatic carbocycles. The Hall–Kier alpha value is -1.46. The van der Waals surface area contributed by atoms with E-state index < -0.39 is 17.7 Å². The summed E-state index contributed by atoms with van der Waals surface area (Å²) < 4.78 is 33.7. The zero-order valence-electron chi connectivity index (χ0n) is 11.0. The van der Waals surface area contributed by atoms with Crippen molar-refractivity contribution in [1.82, 2.24) is 0 Å². The van der Waals surface area contributed by atoms with Crippen molar-refractivity contribution in [2.24, 2.45) is 0 Å². The number of aliphatic hydroxyl groups excluding tert-OH is 1. The van der Waals surface area contributed by atoms with Crippen LogP contribution in [0.1, 0.15) is 22.8 Å². The van der Waals surface area contributed by atoms with Crippen LogP contribution in [-0.4, -0.2) is 12.2 Å². The summed E-state index contributed by atoms with van der Waals surface area (Å²) in [7, 11) is 1.43. The predicted molar refractivity (Wildman–Crippen MR) is 75.9 cm³/mol. The largest absolute Gasteiger partial charge is 0.496 e. The van der Waals surface area contributed by atoms with Gasteiger partial charge in [-0.2, -0.15) is 0 Å². The normalized spacial score (nSPS) is 12.3. The standard InChI is InChI=1S/C15H13BrF2O2/c1-8-3-5-11(17)13(14(8)18)15(19)10-7-9(16)4-6-12(10)20-2/h3-7,15,19H,1-2H3. The molecule has 106 valence electrons. The molecule has 1 atom stereocenters. The Morgan fingerprint density at radius 2 is 1.90 bits per heavy atom. The first-order valence-electron chi connectivity index (χ1n) is 5.91. The second-order valence-electron chi connectivity index (χ2n) is 4.38. The van der Waals surface area contributed by atoms with E-state index in [0.717, 1.165) is 6.07 Å². The smallest absolute Gasteiger partial charge is 0.135 e. The molecule has 0 aliphatic rings. The minimum absolute atomic E-state index is 0.273. The number of methoxy groups -OCH3 is 1. The van der Waals surface area contributed by atoms with E-state index in [9.17, 15) is 13.9 Å². The van der Waals surface area contributed by atoms with Crippen LogP contribution in [0.5, 0.6) is 5.75 Å². The molecule has 0 aliphatic carbocycles. The molecule has 1 unspecified atom stereocenters. The summed E-state index contributed by atoms with van der Waals surface area (Å²) in [6.07, 6.45) is -1.44. The third-order valence-corrected chi connectivity index (χ3v) is 3.57. The summed E-state index contributed by atoms with van der Waals surface area (Å²) in [6, 6.07) is 7.39.